The van der Waals surface area contributed by atoms with Crippen LogP contribution in [0, 0.1) is 19.8 Å². The summed E-state index contributed by atoms with van der Waals surface area (Å²) in [5.41, 5.74) is 7.73. The third kappa shape index (κ3) is 2.77. The summed E-state index contributed by atoms with van der Waals surface area (Å²) in [5, 5.41) is 0. The van der Waals surface area contributed by atoms with E-state index >= 15 is 0 Å². The number of hydrogen-bond donors (Lipinski definition) is 2. The van der Waals surface area contributed by atoms with Crippen molar-refractivity contribution in [3.8, 4) is 0 Å². The summed E-state index contributed by atoms with van der Waals surface area (Å²) in [7, 11) is -3.49. The molecule has 19 heavy (non-hydrogen) atoms. The Morgan fingerprint density at radius 1 is 1.26 bits per heavy atom. The zero-order chi connectivity index (χ0) is 14.2. The van der Waals surface area contributed by atoms with E-state index < -0.39 is 10.0 Å². The van der Waals surface area contributed by atoms with Gasteiger partial charge < -0.3 is 5.73 Å². The van der Waals surface area contributed by atoms with E-state index in [1.807, 2.05) is 0 Å². The van der Waals surface area contributed by atoms with Gasteiger partial charge in [-0.3, -0.25) is 0 Å². The highest BCUT2D eigenvalue weighted by molar-refractivity contribution is 7.89. The Hall–Kier alpha value is -1.07. The maximum absolute atomic E-state index is 12.6. The largest absolute Gasteiger partial charge is 0.398 e. The highest BCUT2D eigenvalue weighted by Gasteiger charge is 2.30. The third-order valence-corrected chi connectivity index (χ3v) is 5.86. The van der Waals surface area contributed by atoms with Gasteiger partial charge in [-0.1, -0.05) is 19.4 Å². The average molecular weight is 282 g/mol. The fraction of sp³-hybridized carbons (Fsp3) is 0.571. The third-order valence-electron chi connectivity index (χ3n) is 4.08. The number of anilines is 1. The molecule has 0 aromatic heterocycles. The fourth-order valence-electron chi connectivity index (χ4n) is 2.83. The van der Waals surface area contributed by atoms with Gasteiger partial charge in [0.25, 0.3) is 0 Å². The number of hydrogen-bond acceptors (Lipinski definition) is 3. The Morgan fingerprint density at radius 3 is 2.53 bits per heavy atom. The summed E-state index contributed by atoms with van der Waals surface area (Å²) in [6, 6.07) is 3.56. The van der Waals surface area contributed by atoms with E-state index in [1.54, 1.807) is 26.0 Å². The number of sulfonamides is 1. The van der Waals surface area contributed by atoms with Crippen LogP contribution in [0.2, 0.25) is 0 Å². The fourth-order valence-corrected chi connectivity index (χ4v) is 4.71. The minimum Gasteiger partial charge on any atom is -0.398 e. The lowest BCUT2D eigenvalue weighted by Crippen LogP contribution is -2.37. The van der Waals surface area contributed by atoms with Crippen molar-refractivity contribution in [2.75, 3.05) is 5.73 Å². The topological polar surface area (TPSA) is 72.2 Å². The van der Waals surface area contributed by atoms with E-state index in [9.17, 15) is 8.42 Å². The Balaban J connectivity index is 2.37. The molecule has 4 nitrogen and oxygen atoms in total. The highest BCUT2D eigenvalue weighted by atomic mass is 32.2. The maximum Gasteiger partial charge on any atom is 0.241 e. The quantitative estimate of drug-likeness (QED) is 0.836. The van der Waals surface area contributed by atoms with Crippen LogP contribution in [0.15, 0.2) is 17.0 Å². The average Bonchev–Trinajstić information content (AvgIpc) is 2.69. The van der Waals surface area contributed by atoms with Crippen molar-refractivity contribution in [2.45, 2.75) is 51.0 Å². The van der Waals surface area contributed by atoms with Crippen molar-refractivity contribution in [1.82, 2.24) is 4.72 Å². The van der Waals surface area contributed by atoms with Gasteiger partial charge in [-0.05, 0) is 49.8 Å². The zero-order valence-corrected chi connectivity index (χ0v) is 12.5. The number of rotatable bonds is 3. The van der Waals surface area contributed by atoms with Crippen LogP contribution in [0.5, 0.6) is 0 Å². The minimum atomic E-state index is -3.49. The molecule has 0 aliphatic heterocycles. The van der Waals surface area contributed by atoms with E-state index in [0.717, 1.165) is 24.8 Å². The van der Waals surface area contributed by atoms with Crippen LogP contribution in [0.4, 0.5) is 5.69 Å². The van der Waals surface area contributed by atoms with Gasteiger partial charge in [-0.15, -0.1) is 0 Å². The van der Waals surface area contributed by atoms with Crippen molar-refractivity contribution in [2.24, 2.45) is 5.92 Å². The second-order valence-corrected chi connectivity index (χ2v) is 7.21. The molecule has 0 radical (unpaired) electrons. The van der Waals surface area contributed by atoms with E-state index in [4.69, 9.17) is 5.73 Å². The summed E-state index contributed by atoms with van der Waals surface area (Å²) in [5.74, 6) is 0.399. The lowest BCUT2D eigenvalue weighted by Gasteiger charge is -2.20. The summed E-state index contributed by atoms with van der Waals surface area (Å²) in [4.78, 5) is 0.339. The first kappa shape index (κ1) is 14.3. The molecule has 1 aliphatic rings. The molecule has 3 N–H and O–H groups in total. The monoisotopic (exact) mass is 282 g/mol. The van der Waals surface area contributed by atoms with Crippen LogP contribution in [-0.4, -0.2) is 14.5 Å². The van der Waals surface area contributed by atoms with Gasteiger partial charge in [-0.25, -0.2) is 13.1 Å². The standard InChI is InChI=1S/C14H22N2O2S/c1-9-5-4-6-13(9)16-19(17,18)14-10(2)7-8-12(15)11(14)3/h7-9,13,16H,4-6,15H2,1-3H3. The molecular formula is C14H22N2O2S. The molecule has 1 saturated carbocycles. The van der Waals surface area contributed by atoms with Crippen molar-refractivity contribution in [3.05, 3.63) is 23.3 Å². The first-order valence-corrected chi connectivity index (χ1v) is 8.19. The van der Waals surface area contributed by atoms with Crippen LogP contribution in [0.3, 0.4) is 0 Å². The van der Waals surface area contributed by atoms with Crippen LogP contribution < -0.4 is 10.5 Å². The molecule has 0 heterocycles. The van der Waals surface area contributed by atoms with E-state index in [2.05, 4.69) is 11.6 Å². The van der Waals surface area contributed by atoms with Gasteiger partial charge in [-0.2, -0.15) is 0 Å². The second kappa shape index (κ2) is 5.13. The summed E-state index contributed by atoms with van der Waals surface area (Å²) >= 11 is 0. The number of nitrogens with one attached hydrogen (secondary N) is 1. The Kier molecular flexibility index (Phi) is 3.87. The normalized spacial score (nSPS) is 23.7. The molecule has 1 aromatic rings. The summed E-state index contributed by atoms with van der Waals surface area (Å²) in [6.45, 7) is 5.66. The van der Waals surface area contributed by atoms with Crippen LogP contribution in [-0.2, 0) is 10.0 Å². The molecule has 1 fully saturated rings. The molecule has 5 heteroatoms. The van der Waals surface area contributed by atoms with Crippen molar-refractivity contribution in [1.29, 1.82) is 0 Å². The van der Waals surface area contributed by atoms with E-state index in [-0.39, 0.29) is 6.04 Å². The van der Waals surface area contributed by atoms with Crippen molar-refractivity contribution < 1.29 is 8.42 Å². The van der Waals surface area contributed by atoms with Gasteiger partial charge in [0.15, 0.2) is 0 Å². The highest BCUT2D eigenvalue weighted by Crippen LogP contribution is 2.29. The van der Waals surface area contributed by atoms with Gasteiger partial charge in [0, 0.05) is 11.7 Å². The first-order chi connectivity index (χ1) is 8.83. The molecule has 0 spiro atoms. The zero-order valence-electron chi connectivity index (χ0n) is 11.7. The molecule has 2 atom stereocenters. The lowest BCUT2D eigenvalue weighted by atomic mass is 10.1. The smallest absolute Gasteiger partial charge is 0.241 e. The molecule has 0 bridgehead atoms. The van der Waals surface area contributed by atoms with Gasteiger partial charge in [0.1, 0.15) is 0 Å². The number of nitrogen functional groups attached to an aromatic ring is 1. The number of aryl methyl sites for hydroxylation is 1. The van der Waals surface area contributed by atoms with E-state index in [0.29, 0.717) is 22.1 Å². The Morgan fingerprint density at radius 2 is 1.95 bits per heavy atom. The van der Waals surface area contributed by atoms with Crippen molar-refractivity contribution >= 4 is 15.7 Å². The molecular weight excluding hydrogens is 260 g/mol. The number of benzene rings is 1. The van der Waals surface area contributed by atoms with Crippen LogP contribution >= 0.6 is 0 Å². The van der Waals surface area contributed by atoms with Crippen LogP contribution in [0.25, 0.3) is 0 Å². The summed E-state index contributed by atoms with van der Waals surface area (Å²) in [6.07, 6.45) is 3.09. The SMILES string of the molecule is Cc1ccc(N)c(C)c1S(=O)(=O)NC1CCCC1C. The number of nitrogens with two attached hydrogens (primary N) is 1. The molecule has 0 amide bonds. The predicted octanol–water partition coefficient (Wildman–Crippen LogP) is 2.35. The van der Waals surface area contributed by atoms with Gasteiger partial charge in [0.05, 0.1) is 4.90 Å². The molecule has 1 aromatic carbocycles. The van der Waals surface area contributed by atoms with Crippen LogP contribution in [0.1, 0.15) is 37.3 Å². The first-order valence-electron chi connectivity index (χ1n) is 6.71. The molecule has 2 unspecified atom stereocenters. The van der Waals surface area contributed by atoms with Gasteiger partial charge in [0.2, 0.25) is 10.0 Å². The predicted molar refractivity (Wildman–Crippen MR) is 77.5 cm³/mol. The van der Waals surface area contributed by atoms with Gasteiger partial charge >= 0.3 is 0 Å². The molecule has 106 valence electrons. The molecule has 0 saturated heterocycles. The lowest BCUT2D eigenvalue weighted by molar-refractivity contribution is 0.476. The Labute approximate surface area is 115 Å². The molecule has 1 aliphatic carbocycles. The molecule has 2 rings (SSSR count). The minimum absolute atomic E-state index is 0.0465. The van der Waals surface area contributed by atoms with Crippen molar-refractivity contribution in [3.63, 3.8) is 0 Å². The maximum atomic E-state index is 12.6. The second-order valence-electron chi connectivity index (χ2n) is 5.56. The Bertz CT molecular complexity index is 581. The van der Waals surface area contributed by atoms with E-state index in [1.165, 1.54) is 0 Å². The summed E-state index contributed by atoms with van der Waals surface area (Å²) < 4.78 is 28.0.